The van der Waals surface area contributed by atoms with Crippen molar-refractivity contribution in [3.8, 4) is 6.07 Å². The summed E-state index contributed by atoms with van der Waals surface area (Å²) in [4.78, 5) is 11.1. The number of nitrogens with zero attached hydrogens (tertiary/aromatic N) is 3. The second kappa shape index (κ2) is 4.83. The van der Waals surface area contributed by atoms with E-state index in [0.717, 1.165) is 0 Å². The molecule has 0 fully saturated rings. The van der Waals surface area contributed by atoms with E-state index in [0.29, 0.717) is 17.5 Å². The number of hydrogen-bond donors (Lipinski definition) is 2. The van der Waals surface area contributed by atoms with Gasteiger partial charge in [-0.05, 0) is 6.92 Å². The average Bonchev–Trinajstić information content (AvgIpc) is 2.55. The van der Waals surface area contributed by atoms with Gasteiger partial charge in [-0.25, -0.2) is 9.89 Å². The number of nitrogens with one attached hydrogen (secondary N) is 1. The van der Waals surface area contributed by atoms with Gasteiger partial charge in [-0.2, -0.15) is 5.26 Å². The molecule has 0 bridgehead atoms. The topological polar surface area (TPSA) is 100 Å². The Hall–Kier alpha value is -1.26. The highest BCUT2D eigenvalue weighted by atomic mass is 32.2. The minimum atomic E-state index is -0.530. The third kappa shape index (κ3) is 2.37. The summed E-state index contributed by atoms with van der Waals surface area (Å²) in [5, 5.41) is 15.2. The van der Waals surface area contributed by atoms with Gasteiger partial charge in [0, 0.05) is 12.3 Å². The zero-order valence-electron chi connectivity index (χ0n) is 7.73. The molecule has 1 rings (SSSR count). The standard InChI is InChI=1S/C7H11N5OS/c1-2-12-6(13)10-11-7(12)14-4-5(9)3-8/h5H,2,4,9H2,1H3,(H,10,13). The Balaban J connectivity index is 2.68. The van der Waals surface area contributed by atoms with Crippen LogP contribution >= 0.6 is 11.8 Å². The first-order valence-corrected chi connectivity index (χ1v) is 5.10. The Morgan fingerprint density at radius 3 is 3.14 bits per heavy atom. The van der Waals surface area contributed by atoms with Crippen LogP contribution in [0.25, 0.3) is 0 Å². The Bertz CT molecular complexity index is 390. The van der Waals surface area contributed by atoms with Gasteiger partial charge >= 0.3 is 5.69 Å². The van der Waals surface area contributed by atoms with Crippen molar-refractivity contribution >= 4 is 11.8 Å². The van der Waals surface area contributed by atoms with Crippen LogP contribution < -0.4 is 11.4 Å². The molecule has 1 aromatic rings. The number of aromatic nitrogens is 3. The smallest absolute Gasteiger partial charge is 0.315 e. The molecule has 3 N–H and O–H groups in total. The van der Waals surface area contributed by atoms with Gasteiger partial charge in [0.05, 0.1) is 6.07 Å². The summed E-state index contributed by atoms with van der Waals surface area (Å²) < 4.78 is 1.49. The molecule has 1 aromatic heterocycles. The molecule has 0 spiro atoms. The zero-order valence-corrected chi connectivity index (χ0v) is 8.54. The Morgan fingerprint density at radius 2 is 2.57 bits per heavy atom. The van der Waals surface area contributed by atoms with Gasteiger partial charge in [0.1, 0.15) is 6.04 Å². The maximum Gasteiger partial charge on any atom is 0.343 e. The van der Waals surface area contributed by atoms with Crippen molar-refractivity contribution in [3.63, 3.8) is 0 Å². The number of H-pyrrole nitrogens is 1. The van der Waals surface area contributed by atoms with Crippen molar-refractivity contribution in [2.45, 2.75) is 24.7 Å². The fourth-order valence-corrected chi connectivity index (χ4v) is 1.78. The van der Waals surface area contributed by atoms with Gasteiger partial charge in [0.25, 0.3) is 0 Å². The van der Waals surface area contributed by atoms with Crippen LogP contribution in [0.1, 0.15) is 6.92 Å². The summed E-state index contributed by atoms with van der Waals surface area (Å²) in [6, 6.07) is 1.38. The lowest BCUT2D eigenvalue weighted by atomic mass is 10.4. The van der Waals surface area contributed by atoms with E-state index < -0.39 is 6.04 Å². The summed E-state index contributed by atoms with van der Waals surface area (Å²) in [7, 11) is 0. The Labute approximate surface area is 85.1 Å². The summed E-state index contributed by atoms with van der Waals surface area (Å²) >= 11 is 1.30. The highest BCUT2D eigenvalue weighted by Crippen LogP contribution is 2.12. The first kappa shape index (κ1) is 10.8. The van der Waals surface area contributed by atoms with Gasteiger partial charge in [-0.1, -0.05) is 11.8 Å². The predicted molar refractivity (Wildman–Crippen MR) is 52.8 cm³/mol. The highest BCUT2D eigenvalue weighted by Gasteiger charge is 2.08. The highest BCUT2D eigenvalue weighted by molar-refractivity contribution is 7.99. The van der Waals surface area contributed by atoms with Crippen molar-refractivity contribution in [2.24, 2.45) is 5.73 Å². The molecule has 0 amide bonds. The van der Waals surface area contributed by atoms with E-state index in [1.165, 1.54) is 16.3 Å². The lowest BCUT2D eigenvalue weighted by Crippen LogP contribution is -2.21. The number of aromatic amines is 1. The maximum atomic E-state index is 11.1. The lowest BCUT2D eigenvalue weighted by Gasteiger charge is -2.02. The van der Waals surface area contributed by atoms with Crippen molar-refractivity contribution < 1.29 is 0 Å². The van der Waals surface area contributed by atoms with Gasteiger partial charge in [0.2, 0.25) is 0 Å². The second-order valence-electron chi connectivity index (χ2n) is 2.60. The fourth-order valence-electron chi connectivity index (χ4n) is 0.894. The quantitative estimate of drug-likeness (QED) is 0.659. The molecule has 0 radical (unpaired) electrons. The number of nitriles is 1. The van der Waals surface area contributed by atoms with E-state index in [-0.39, 0.29) is 5.69 Å². The molecule has 0 saturated heterocycles. The fraction of sp³-hybridized carbons (Fsp3) is 0.571. The minimum absolute atomic E-state index is 0.236. The molecule has 1 heterocycles. The number of nitrogens with two attached hydrogens (primary N) is 1. The van der Waals surface area contributed by atoms with E-state index in [1.54, 1.807) is 0 Å². The Kier molecular flexibility index (Phi) is 3.73. The van der Waals surface area contributed by atoms with Crippen LogP contribution in [0.5, 0.6) is 0 Å². The van der Waals surface area contributed by atoms with E-state index in [4.69, 9.17) is 11.0 Å². The average molecular weight is 213 g/mol. The van der Waals surface area contributed by atoms with Crippen LogP contribution in [0.15, 0.2) is 9.95 Å². The number of rotatable bonds is 4. The van der Waals surface area contributed by atoms with E-state index in [1.807, 2.05) is 13.0 Å². The van der Waals surface area contributed by atoms with Crippen LogP contribution in [0, 0.1) is 11.3 Å². The number of thioether (sulfide) groups is 1. The lowest BCUT2D eigenvalue weighted by molar-refractivity contribution is 0.660. The zero-order chi connectivity index (χ0) is 10.6. The number of hydrogen-bond acceptors (Lipinski definition) is 5. The monoisotopic (exact) mass is 213 g/mol. The van der Waals surface area contributed by atoms with Crippen LogP contribution in [-0.4, -0.2) is 26.6 Å². The van der Waals surface area contributed by atoms with Crippen LogP contribution in [-0.2, 0) is 6.54 Å². The molecular weight excluding hydrogens is 202 g/mol. The first-order valence-electron chi connectivity index (χ1n) is 4.12. The second-order valence-corrected chi connectivity index (χ2v) is 3.59. The van der Waals surface area contributed by atoms with Crippen molar-refractivity contribution in [3.05, 3.63) is 10.5 Å². The SMILES string of the molecule is CCn1c(SCC(N)C#N)n[nH]c1=O. The molecule has 6 nitrogen and oxygen atoms in total. The molecule has 1 atom stereocenters. The van der Waals surface area contributed by atoms with Crippen LogP contribution in [0.4, 0.5) is 0 Å². The first-order chi connectivity index (χ1) is 6.69. The third-order valence-electron chi connectivity index (χ3n) is 1.60. The molecular formula is C7H11N5OS. The minimum Gasteiger partial charge on any atom is -0.315 e. The van der Waals surface area contributed by atoms with Crippen LogP contribution in [0.3, 0.4) is 0 Å². The summed E-state index contributed by atoms with van der Waals surface area (Å²) in [6.07, 6.45) is 0. The molecule has 1 unspecified atom stereocenters. The molecule has 14 heavy (non-hydrogen) atoms. The normalized spacial score (nSPS) is 12.4. The Morgan fingerprint density at radius 1 is 1.86 bits per heavy atom. The third-order valence-corrected chi connectivity index (χ3v) is 2.69. The predicted octanol–water partition coefficient (Wildman–Crippen LogP) is -0.466. The molecule has 7 heteroatoms. The van der Waals surface area contributed by atoms with E-state index >= 15 is 0 Å². The van der Waals surface area contributed by atoms with E-state index in [2.05, 4.69) is 10.2 Å². The molecule has 0 aliphatic carbocycles. The molecule has 0 aromatic carbocycles. The van der Waals surface area contributed by atoms with Crippen molar-refractivity contribution in [1.82, 2.24) is 14.8 Å². The maximum absolute atomic E-state index is 11.1. The summed E-state index contributed by atoms with van der Waals surface area (Å²) in [6.45, 7) is 2.41. The molecule has 0 aliphatic rings. The van der Waals surface area contributed by atoms with Crippen LogP contribution in [0.2, 0.25) is 0 Å². The van der Waals surface area contributed by atoms with Gasteiger partial charge in [-0.3, -0.25) is 4.57 Å². The van der Waals surface area contributed by atoms with Crippen molar-refractivity contribution in [1.29, 1.82) is 5.26 Å². The molecule has 76 valence electrons. The van der Waals surface area contributed by atoms with E-state index in [9.17, 15) is 4.79 Å². The largest absolute Gasteiger partial charge is 0.343 e. The van der Waals surface area contributed by atoms with Crippen molar-refractivity contribution in [2.75, 3.05) is 5.75 Å². The van der Waals surface area contributed by atoms with Gasteiger partial charge in [0.15, 0.2) is 5.16 Å². The molecule has 0 aliphatic heterocycles. The van der Waals surface area contributed by atoms with Gasteiger partial charge in [-0.15, -0.1) is 5.10 Å². The molecule has 0 saturated carbocycles. The van der Waals surface area contributed by atoms with Gasteiger partial charge < -0.3 is 5.73 Å². The summed E-state index contributed by atoms with van der Waals surface area (Å²) in [5.74, 6) is 0.431. The summed E-state index contributed by atoms with van der Waals surface area (Å²) in [5.41, 5.74) is 5.18.